The van der Waals surface area contributed by atoms with E-state index in [4.69, 9.17) is 4.74 Å². The van der Waals surface area contributed by atoms with E-state index in [0.717, 1.165) is 29.9 Å². The molecule has 1 aromatic heterocycles. The minimum absolute atomic E-state index is 0.221. The largest absolute Gasteiger partial charge is 0.469 e. The zero-order valence-corrected chi connectivity index (χ0v) is 12.5. The van der Waals surface area contributed by atoms with Gasteiger partial charge in [-0.2, -0.15) is 0 Å². The molecule has 0 amide bonds. The molecule has 0 unspecified atom stereocenters. The van der Waals surface area contributed by atoms with Gasteiger partial charge in [0, 0.05) is 19.3 Å². The second-order valence-electron chi connectivity index (χ2n) is 4.84. The van der Waals surface area contributed by atoms with Crippen LogP contribution in [0.2, 0.25) is 0 Å². The molecule has 2 rings (SSSR count). The van der Waals surface area contributed by atoms with Gasteiger partial charge in [-0.1, -0.05) is 31.2 Å². The van der Waals surface area contributed by atoms with E-state index < -0.39 is 0 Å². The second kappa shape index (κ2) is 7.59. The first-order valence-corrected chi connectivity index (χ1v) is 7.08. The number of esters is 1. The molecule has 2 aromatic rings. The van der Waals surface area contributed by atoms with E-state index in [1.807, 2.05) is 41.4 Å². The Hall–Kier alpha value is -2.14. The maximum Gasteiger partial charge on any atom is 0.309 e. The molecule has 112 valence electrons. The van der Waals surface area contributed by atoms with Crippen molar-refractivity contribution in [3.63, 3.8) is 0 Å². The SMILES string of the molecule is CCNCc1cn(Cc2ccccc2CC(=O)OC)cn1. The van der Waals surface area contributed by atoms with Crippen molar-refractivity contribution < 1.29 is 9.53 Å². The molecule has 0 spiro atoms. The second-order valence-corrected chi connectivity index (χ2v) is 4.84. The van der Waals surface area contributed by atoms with Gasteiger partial charge in [0.15, 0.2) is 0 Å². The van der Waals surface area contributed by atoms with Crippen LogP contribution in [0.5, 0.6) is 0 Å². The van der Waals surface area contributed by atoms with Crippen LogP contribution in [0.3, 0.4) is 0 Å². The van der Waals surface area contributed by atoms with Crippen LogP contribution in [0.4, 0.5) is 0 Å². The van der Waals surface area contributed by atoms with Gasteiger partial charge < -0.3 is 14.6 Å². The van der Waals surface area contributed by atoms with E-state index in [-0.39, 0.29) is 5.97 Å². The van der Waals surface area contributed by atoms with Gasteiger partial charge in [0.25, 0.3) is 0 Å². The third kappa shape index (κ3) is 4.43. The van der Waals surface area contributed by atoms with Gasteiger partial charge in [-0.05, 0) is 17.7 Å². The molecule has 0 saturated carbocycles. The lowest BCUT2D eigenvalue weighted by atomic mass is 10.0. The van der Waals surface area contributed by atoms with Crippen LogP contribution < -0.4 is 5.32 Å². The Morgan fingerprint density at radius 1 is 1.33 bits per heavy atom. The lowest BCUT2D eigenvalue weighted by Crippen LogP contribution is -2.12. The normalized spacial score (nSPS) is 10.6. The number of nitrogens with zero attached hydrogens (tertiary/aromatic N) is 2. The lowest BCUT2D eigenvalue weighted by Gasteiger charge is -2.09. The Morgan fingerprint density at radius 2 is 2.10 bits per heavy atom. The highest BCUT2D eigenvalue weighted by Gasteiger charge is 2.08. The average molecular weight is 287 g/mol. The topological polar surface area (TPSA) is 56.2 Å². The first-order valence-electron chi connectivity index (χ1n) is 7.08. The van der Waals surface area contributed by atoms with E-state index in [1.54, 1.807) is 0 Å². The predicted molar refractivity (Wildman–Crippen MR) is 80.9 cm³/mol. The van der Waals surface area contributed by atoms with E-state index in [9.17, 15) is 4.79 Å². The Balaban J connectivity index is 2.08. The fourth-order valence-electron chi connectivity index (χ4n) is 2.15. The van der Waals surface area contributed by atoms with Crippen LogP contribution in [-0.2, 0) is 29.0 Å². The number of methoxy groups -OCH3 is 1. The number of hydrogen-bond acceptors (Lipinski definition) is 4. The molecule has 0 aliphatic heterocycles. The van der Waals surface area contributed by atoms with Crippen LogP contribution in [0.25, 0.3) is 0 Å². The van der Waals surface area contributed by atoms with Crippen molar-refractivity contribution in [2.45, 2.75) is 26.4 Å². The van der Waals surface area contributed by atoms with Gasteiger partial charge >= 0.3 is 5.97 Å². The number of carbonyl (C=O) groups is 1. The number of carbonyl (C=O) groups excluding carboxylic acids is 1. The van der Waals surface area contributed by atoms with Crippen molar-refractivity contribution in [1.82, 2.24) is 14.9 Å². The van der Waals surface area contributed by atoms with E-state index in [1.165, 1.54) is 7.11 Å². The number of aromatic nitrogens is 2. The molecule has 0 radical (unpaired) electrons. The average Bonchev–Trinajstić information content (AvgIpc) is 2.94. The quantitative estimate of drug-likeness (QED) is 0.788. The third-order valence-corrected chi connectivity index (χ3v) is 3.28. The van der Waals surface area contributed by atoms with Gasteiger partial charge in [0.1, 0.15) is 0 Å². The highest BCUT2D eigenvalue weighted by atomic mass is 16.5. The van der Waals surface area contributed by atoms with Crippen LogP contribution in [-0.4, -0.2) is 29.2 Å². The summed E-state index contributed by atoms with van der Waals surface area (Å²) in [6.07, 6.45) is 4.14. The van der Waals surface area contributed by atoms with Crippen molar-refractivity contribution in [3.05, 3.63) is 53.6 Å². The molecule has 0 fully saturated rings. The lowest BCUT2D eigenvalue weighted by molar-refractivity contribution is -0.139. The summed E-state index contributed by atoms with van der Waals surface area (Å²) in [5.41, 5.74) is 3.11. The third-order valence-electron chi connectivity index (χ3n) is 3.28. The molecule has 5 nitrogen and oxygen atoms in total. The van der Waals surface area contributed by atoms with Crippen molar-refractivity contribution in [2.75, 3.05) is 13.7 Å². The summed E-state index contributed by atoms with van der Waals surface area (Å²) < 4.78 is 6.77. The Morgan fingerprint density at radius 3 is 2.81 bits per heavy atom. The minimum atomic E-state index is -0.221. The van der Waals surface area contributed by atoms with Crippen LogP contribution in [0.1, 0.15) is 23.7 Å². The Kier molecular flexibility index (Phi) is 5.51. The molecule has 0 bridgehead atoms. The molecule has 0 atom stereocenters. The molecule has 1 aromatic carbocycles. The van der Waals surface area contributed by atoms with E-state index in [0.29, 0.717) is 13.0 Å². The standard InChI is InChI=1S/C16H21N3O2/c1-3-17-9-15-11-19(12-18-15)10-14-7-5-4-6-13(14)8-16(20)21-2/h4-7,11-12,17H,3,8-10H2,1-2H3. The smallest absolute Gasteiger partial charge is 0.309 e. The monoisotopic (exact) mass is 287 g/mol. The van der Waals surface area contributed by atoms with Gasteiger partial charge in [-0.25, -0.2) is 4.98 Å². The Bertz CT molecular complexity index is 593. The summed E-state index contributed by atoms with van der Waals surface area (Å²) in [6, 6.07) is 7.91. The number of imidazole rings is 1. The first-order chi connectivity index (χ1) is 10.2. The van der Waals surface area contributed by atoms with Gasteiger partial charge in [0.05, 0.1) is 25.6 Å². The van der Waals surface area contributed by atoms with E-state index in [2.05, 4.69) is 17.2 Å². The molecule has 0 aliphatic carbocycles. The molecular formula is C16H21N3O2. The maximum atomic E-state index is 11.5. The van der Waals surface area contributed by atoms with Crippen molar-refractivity contribution in [1.29, 1.82) is 0 Å². The molecular weight excluding hydrogens is 266 g/mol. The number of benzene rings is 1. The molecule has 5 heteroatoms. The molecule has 1 heterocycles. The van der Waals surface area contributed by atoms with Gasteiger partial charge in [-0.15, -0.1) is 0 Å². The zero-order valence-electron chi connectivity index (χ0n) is 12.5. The molecule has 1 N–H and O–H groups in total. The number of rotatable bonds is 7. The summed E-state index contributed by atoms with van der Waals surface area (Å²) in [6.45, 7) is 4.47. The van der Waals surface area contributed by atoms with Crippen molar-refractivity contribution >= 4 is 5.97 Å². The maximum absolute atomic E-state index is 11.5. The number of hydrogen-bond donors (Lipinski definition) is 1. The highest BCUT2D eigenvalue weighted by Crippen LogP contribution is 2.12. The fourth-order valence-corrected chi connectivity index (χ4v) is 2.15. The van der Waals surface area contributed by atoms with Gasteiger partial charge in [0.2, 0.25) is 0 Å². The highest BCUT2D eigenvalue weighted by molar-refractivity contribution is 5.72. The number of ether oxygens (including phenoxy) is 1. The number of nitrogens with one attached hydrogen (secondary N) is 1. The summed E-state index contributed by atoms with van der Waals surface area (Å²) in [5.74, 6) is -0.221. The Labute approximate surface area is 125 Å². The molecule has 21 heavy (non-hydrogen) atoms. The molecule has 0 aliphatic rings. The van der Waals surface area contributed by atoms with E-state index >= 15 is 0 Å². The summed E-state index contributed by atoms with van der Waals surface area (Å²) >= 11 is 0. The van der Waals surface area contributed by atoms with Crippen LogP contribution in [0.15, 0.2) is 36.8 Å². The predicted octanol–water partition coefficient (Wildman–Crippen LogP) is 1.76. The van der Waals surface area contributed by atoms with Crippen LogP contribution in [0, 0.1) is 0 Å². The summed E-state index contributed by atoms with van der Waals surface area (Å²) in [5, 5.41) is 3.25. The van der Waals surface area contributed by atoms with Crippen molar-refractivity contribution in [3.8, 4) is 0 Å². The zero-order chi connectivity index (χ0) is 15.1. The minimum Gasteiger partial charge on any atom is -0.469 e. The van der Waals surface area contributed by atoms with Crippen molar-refractivity contribution in [2.24, 2.45) is 0 Å². The summed E-state index contributed by atoms with van der Waals surface area (Å²) in [7, 11) is 1.41. The molecule has 0 saturated heterocycles. The fraction of sp³-hybridized carbons (Fsp3) is 0.375. The summed E-state index contributed by atoms with van der Waals surface area (Å²) in [4.78, 5) is 15.8. The van der Waals surface area contributed by atoms with Gasteiger partial charge in [-0.3, -0.25) is 4.79 Å². The first kappa shape index (κ1) is 15.3. The van der Waals surface area contributed by atoms with Crippen LogP contribution >= 0.6 is 0 Å².